The Kier molecular flexibility index (Phi) is 7.71. The molecule has 6 heteroatoms. The first-order valence-corrected chi connectivity index (χ1v) is 11.3. The van der Waals surface area contributed by atoms with Gasteiger partial charge in [-0.15, -0.1) is 6.58 Å². The zero-order chi connectivity index (χ0) is 23.8. The van der Waals surface area contributed by atoms with Gasteiger partial charge in [0, 0.05) is 6.54 Å². The van der Waals surface area contributed by atoms with Crippen molar-refractivity contribution in [1.29, 1.82) is 0 Å². The largest absolute Gasteiger partial charge is 0.497 e. The van der Waals surface area contributed by atoms with Gasteiger partial charge in [-0.1, -0.05) is 24.3 Å². The lowest BCUT2D eigenvalue weighted by molar-refractivity contribution is 0.267. The zero-order valence-corrected chi connectivity index (χ0v) is 19.7. The number of rotatable bonds is 12. The number of ether oxygens (including phenoxy) is 4. The van der Waals surface area contributed by atoms with E-state index in [0.717, 1.165) is 53.3 Å². The van der Waals surface area contributed by atoms with Crippen molar-refractivity contribution in [3.05, 3.63) is 90.8 Å². The molecule has 0 bridgehead atoms. The smallest absolute Gasteiger partial charge is 0.161 e. The molecule has 0 radical (unpaired) electrons. The molecular weight excluding hydrogens is 428 g/mol. The van der Waals surface area contributed by atoms with Gasteiger partial charge in [0.2, 0.25) is 0 Å². The Balaban J connectivity index is 1.44. The van der Waals surface area contributed by atoms with Crippen molar-refractivity contribution in [2.75, 3.05) is 20.8 Å². The van der Waals surface area contributed by atoms with Gasteiger partial charge < -0.3 is 23.5 Å². The minimum atomic E-state index is 0.338. The molecule has 0 aliphatic rings. The molecule has 0 amide bonds. The minimum absolute atomic E-state index is 0.338. The Bertz CT molecular complexity index is 1230. The van der Waals surface area contributed by atoms with Gasteiger partial charge in [0.05, 0.1) is 31.9 Å². The zero-order valence-electron chi connectivity index (χ0n) is 19.7. The van der Waals surface area contributed by atoms with Crippen molar-refractivity contribution in [3.8, 4) is 23.0 Å². The van der Waals surface area contributed by atoms with E-state index in [0.29, 0.717) is 24.7 Å². The molecule has 0 aliphatic heterocycles. The molecule has 0 fully saturated rings. The molecule has 34 heavy (non-hydrogen) atoms. The maximum Gasteiger partial charge on any atom is 0.161 e. The number of aryl methyl sites for hydroxylation is 1. The highest BCUT2D eigenvalue weighted by atomic mass is 16.5. The summed E-state index contributed by atoms with van der Waals surface area (Å²) in [5, 5.41) is 0. The van der Waals surface area contributed by atoms with Crippen LogP contribution in [0.25, 0.3) is 11.0 Å². The number of allylic oxidation sites excluding steroid dienone is 1. The van der Waals surface area contributed by atoms with Crippen LogP contribution in [0.1, 0.15) is 17.8 Å². The van der Waals surface area contributed by atoms with Crippen LogP contribution in [0.3, 0.4) is 0 Å². The van der Waals surface area contributed by atoms with Crippen molar-refractivity contribution >= 4 is 11.0 Å². The fourth-order valence-electron chi connectivity index (χ4n) is 3.84. The van der Waals surface area contributed by atoms with Crippen LogP contribution in [-0.2, 0) is 19.6 Å². The molecule has 0 saturated carbocycles. The lowest BCUT2D eigenvalue weighted by Crippen LogP contribution is -2.10. The molecule has 1 aromatic heterocycles. The number of benzene rings is 3. The van der Waals surface area contributed by atoms with Gasteiger partial charge in [0.25, 0.3) is 0 Å². The third-order valence-electron chi connectivity index (χ3n) is 5.55. The van der Waals surface area contributed by atoms with Crippen LogP contribution in [0.15, 0.2) is 79.4 Å². The predicted octanol–water partition coefficient (Wildman–Crippen LogP) is 5.83. The minimum Gasteiger partial charge on any atom is -0.497 e. The molecule has 176 valence electrons. The first-order chi connectivity index (χ1) is 16.7. The molecule has 3 aromatic carbocycles. The highest BCUT2D eigenvalue weighted by Gasteiger charge is 2.13. The SMILES string of the molecule is C=CCc1ccc(OCc2nc3ccccc3n2CCCOc2ccc(OC)cc2)c(OC)c1. The van der Waals surface area contributed by atoms with Crippen LogP contribution in [0.2, 0.25) is 0 Å². The highest BCUT2D eigenvalue weighted by molar-refractivity contribution is 5.75. The lowest BCUT2D eigenvalue weighted by Gasteiger charge is -2.14. The van der Waals surface area contributed by atoms with E-state index in [1.165, 1.54) is 0 Å². The number of para-hydroxylation sites is 2. The van der Waals surface area contributed by atoms with E-state index in [4.69, 9.17) is 23.9 Å². The topological polar surface area (TPSA) is 54.7 Å². The van der Waals surface area contributed by atoms with Gasteiger partial charge in [0.1, 0.15) is 23.9 Å². The molecular formula is C28H30N2O4. The van der Waals surface area contributed by atoms with Gasteiger partial charge in [-0.3, -0.25) is 0 Å². The Morgan fingerprint density at radius 2 is 1.68 bits per heavy atom. The number of nitrogens with zero attached hydrogens (tertiary/aromatic N) is 2. The first-order valence-electron chi connectivity index (χ1n) is 11.3. The van der Waals surface area contributed by atoms with Crippen molar-refractivity contribution in [3.63, 3.8) is 0 Å². The number of hydrogen-bond acceptors (Lipinski definition) is 5. The van der Waals surface area contributed by atoms with Crippen molar-refractivity contribution in [2.24, 2.45) is 0 Å². The Hall–Kier alpha value is -3.93. The van der Waals surface area contributed by atoms with Crippen LogP contribution in [0.4, 0.5) is 0 Å². The molecule has 0 saturated heterocycles. The van der Waals surface area contributed by atoms with E-state index in [1.54, 1.807) is 14.2 Å². The summed E-state index contributed by atoms with van der Waals surface area (Å²) in [6, 6.07) is 21.7. The van der Waals surface area contributed by atoms with E-state index in [2.05, 4.69) is 17.2 Å². The molecule has 1 heterocycles. The second-order valence-corrected chi connectivity index (χ2v) is 7.81. The summed E-state index contributed by atoms with van der Waals surface area (Å²) in [5.41, 5.74) is 3.16. The first kappa shape index (κ1) is 23.2. The summed E-state index contributed by atoms with van der Waals surface area (Å²) >= 11 is 0. The third kappa shape index (κ3) is 5.52. The average molecular weight is 459 g/mol. The monoisotopic (exact) mass is 458 g/mol. The van der Waals surface area contributed by atoms with Crippen molar-refractivity contribution in [1.82, 2.24) is 9.55 Å². The third-order valence-corrected chi connectivity index (χ3v) is 5.55. The molecule has 4 aromatic rings. The Labute approximate surface area is 200 Å². The standard InChI is InChI=1S/C28H30N2O4/c1-4-8-21-11-16-26(27(19-21)32-3)34-20-28-29-24-9-5-6-10-25(24)30(28)17-7-18-33-23-14-12-22(31-2)13-15-23/h4-6,9-16,19H,1,7-8,17-18,20H2,2-3H3. The van der Waals surface area contributed by atoms with Gasteiger partial charge in [-0.25, -0.2) is 4.98 Å². The van der Waals surface area contributed by atoms with Crippen LogP contribution >= 0.6 is 0 Å². The van der Waals surface area contributed by atoms with E-state index in [9.17, 15) is 0 Å². The van der Waals surface area contributed by atoms with E-state index >= 15 is 0 Å². The number of hydrogen-bond donors (Lipinski definition) is 0. The van der Waals surface area contributed by atoms with E-state index in [-0.39, 0.29) is 0 Å². The number of methoxy groups -OCH3 is 2. The van der Waals surface area contributed by atoms with Crippen LogP contribution in [0, 0.1) is 0 Å². The van der Waals surface area contributed by atoms with Gasteiger partial charge in [0.15, 0.2) is 11.5 Å². The maximum absolute atomic E-state index is 6.14. The van der Waals surface area contributed by atoms with Gasteiger partial charge in [-0.05, 0) is 66.9 Å². The predicted molar refractivity (Wildman–Crippen MR) is 134 cm³/mol. The molecule has 0 N–H and O–H groups in total. The number of aromatic nitrogens is 2. The number of imidazole rings is 1. The molecule has 6 nitrogen and oxygen atoms in total. The van der Waals surface area contributed by atoms with Gasteiger partial charge >= 0.3 is 0 Å². The molecule has 0 unspecified atom stereocenters. The lowest BCUT2D eigenvalue weighted by atomic mass is 10.1. The summed E-state index contributed by atoms with van der Waals surface area (Å²) in [5.74, 6) is 3.90. The Morgan fingerprint density at radius 1 is 0.882 bits per heavy atom. The highest BCUT2D eigenvalue weighted by Crippen LogP contribution is 2.29. The average Bonchev–Trinajstić information content (AvgIpc) is 3.23. The summed E-state index contributed by atoms with van der Waals surface area (Å²) in [6.07, 6.45) is 3.49. The quantitative estimate of drug-likeness (QED) is 0.197. The van der Waals surface area contributed by atoms with E-state index in [1.807, 2.05) is 66.7 Å². The van der Waals surface area contributed by atoms with Crippen LogP contribution in [0.5, 0.6) is 23.0 Å². The second-order valence-electron chi connectivity index (χ2n) is 7.81. The van der Waals surface area contributed by atoms with Crippen molar-refractivity contribution < 1.29 is 18.9 Å². The van der Waals surface area contributed by atoms with E-state index < -0.39 is 0 Å². The fraction of sp³-hybridized carbons (Fsp3) is 0.250. The summed E-state index contributed by atoms with van der Waals surface area (Å²) in [4.78, 5) is 4.82. The van der Waals surface area contributed by atoms with Crippen LogP contribution in [-0.4, -0.2) is 30.4 Å². The molecule has 0 aliphatic carbocycles. The summed E-state index contributed by atoms with van der Waals surface area (Å²) in [7, 11) is 3.30. The fourth-order valence-corrected chi connectivity index (χ4v) is 3.84. The molecule has 0 spiro atoms. The Morgan fingerprint density at radius 3 is 2.44 bits per heavy atom. The number of fused-ring (bicyclic) bond motifs is 1. The molecule has 0 atom stereocenters. The maximum atomic E-state index is 6.14. The summed E-state index contributed by atoms with van der Waals surface area (Å²) in [6.45, 7) is 5.50. The molecule has 4 rings (SSSR count). The summed E-state index contributed by atoms with van der Waals surface area (Å²) < 4.78 is 25.0. The second kappa shape index (κ2) is 11.3. The van der Waals surface area contributed by atoms with Crippen LogP contribution < -0.4 is 18.9 Å². The van der Waals surface area contributed by atoms with Crippen molar-refractivity contribution in [2.45, 2.75) is 26.0 Å². The normalized spacial score (nSPS) is 10.8. The van der Waals surface area contributed by atoms with Gasteiger partial charge in [-0.2, -0.15) is 0 Å².